The highest BCUT2D eigenvalue weighted by atomic mass is 16.6. The van der Waals surface area contributed by atoms with Crippen molar-refractivity contribution in [2.45, 2.75) is 37.8 Å². The first-order chi connectivity index (χ1) is 15.5. The van der Waals surface area contributed by atoms with E-state index in [1.807, 2.05) is 18.2 Å². The summed E-state index contributed by atoms with van der Waals surface area (Å²) in [5, 5.41) is 20.2. The number of carbonyl (C=O) groups excluding carboxylic acids is 1. The molecule has 0 spiro atoms. The van der Waals surface area contributed by atoms with Crippen LogP contribution in [0.2, 0.25) is 0 Å². The Labute approximate surface area is 185 Å². The van der Waals surface area contributed by atoms with Crippen molar-refractivity contribution in [3.63, 3.8) is 0 Å². The summed E-state index contributed by atoms with van der Waals surface area (Å²) in [6.07, 6.45) is 2.69. The molecule has 2 aliphatic rings. The van der Waals surface area contributed by atoms with E-state index in [0.29, 0.717) is 17.7 Å². The normalized spacial score (nSPS) is 18.6. The minimum atomic E-state index is -0.462. The predicted octanol–water partition coefficient (Wildman–Crippen LogP) is 4.22. The Morgan fingerprint density at radius 1 is 1.22 bits per heavy atom. The van der Waals surface area contributed by atoms with Gasteiger partial charge in [0.15, 0.2) is 5.75 Å². The van der Waals surface area contributed by atoms with Crippen LogP contribution in [0.4, 0.5) is 5.69 Å². The van der Waals surface area contributed by atoms with Gasteiger partial charge in [0.05, 0.1) is 10.5 Å². The number of hydrogen-bond donors (Lipinski definition) is 2. The number of carbonyl (C=O) groups is 1. The van der Waals surface area contributed by atoms with Gasteiger partial charge in [-0.3, -0.25) is 14.9 Å². The van der Waals surface area contributed by atoms with E-state index in [2.05, 4.69) is 34.9 Å². The van der Waals surface area contributed by atoms with Crippen molar-refractivity contribution in [3.8, 4) is 5.75 Å². The Kier molecular flexibility index (Phi) is 5.06. The SMILES string of the molecule is Cc1cc([N+](=O)[O-])c(OCC2CCN2)cc1C(=O)NC1(c2cccc3ccccc23)CC1. The second-order valence-corrected chi connectivity index (χ2v) is 8.71. The summed E-state index contributed by atoms with van der Waals surface area (Å²) in [4.78, 5) is 24.4. The Morgan fingerprint density at radius 2 is 1.97 bits per heavy atom. The molecule has 32 heavy (non-hydrogen) atoms. The summed E-state index contributed by atoms with van der Waals surface area (Å²) in [7, 11) is 0. The van der Waals surface area contributed by atoms with Crippen LogP contribution in [0.3, 0.4) is 0 Å². The fraction of sp³-hybridized carbons (Fsp3) is 0.320. The van der Waals surface area contributed by atoms with Crippen LogP contribution in [0.1, 0.15) is 40.7 Å². The fourth-order valence-corrected chi connectivity index (χ4v) is 4.37. The van der Waals surface area contributed by atoms with Crippen molar-refractivity contribution in [1.82, 2.24) is 10.6 Å². The van der Waals surface area contributed by atoms with Crippen molar-refractivity contribution in [1.29, 1.82) is 0 Å². The number of amides is 1. The molecule has 2 N–H and O–H groups in total. The number of rotatable bonds is 7. The number of nitro benzene ring substituents is 1. The topological polar surface area (TPSA) is 93.5 Å². The molecule has 164 valence electrons. The lowest BCUT2D eigenvalue weighted by molar-refractivity contribution is -0.385. The number of benzene rings is 3. The molecule has 2 fully saturated rings. The molecular weight excluding hydrogens is 406 g/mol. The van der Waals surface area contributed by atoms with Gasteiger partial charge in [0.25, 0.3) is 5.91 Å². The van der Waals surface area contributed by atoms with Gasteiger partial charge in [0.2, 0.25) is 0 Å². The zero-order valence-corrected chi connectivity index (χ0v) is 17.9. The number of fused-ring (bicyclic) bond motifs is 1. The Balaban J connectivity index is 1.44. The van der Waals surface area contributed by atoms with Gasteiger partial charge in [-0.25, -0.2) is 0 Å². The maximum Gasteiger partial charge on any atom is 0.311 e. The molecule has 1 unspecified atom stereocenters. The van der Waals surface area contributed by atoms with E-state index in [1.165, 1.54) is 12.1 Å². The van der Waals surface area contributed by atoms with Crippen molar-refractivity contribution in [2.75, 3.05) is 13.2 Å². The van der Waals surface area contributed by atoms with Gasteiger partial charge < -0.3 is 15.4 Å². The Hall–Kier alpha value is -3.45. The molecule has 0 bridgehead atoms. The molecule has 1 heterocycles. The third-order valence-corrected chi connectivity index (χ3v) is 6.52. The number of nitrogens with one attached hydrogen (secondary N) is 2. The first-order valence-electron chi connectivity index (χ1n) is 10.9. The lowest BCUT2D eigenvalue weighted by Crippen LogP contribution is -2.46. The second kappa shape index (κ2) is 7.91. The molecule has 5 rings (SSSR count). The standard InChI is InChI=1S/C25H25N3O4/c1-16-13-22(28(30)31)23(32-15-18-9-12-26-18)14-20(16)24(29)27-25(10-11-25)21-8-4-6-17-5-2-3-7-19(17)21/h2-8,13-14,18,26H,9-12,15H2,1H3,(H,27,29). The lowest BCUT2D eigenvalue weighted by atomic mass is 9.96. The van der Waals surface area contributed by atoms with Crippen molar-refractivity contribution >= 4 is 22.4 Å². The summed E-state index contributed by atoms with van der Waals surface area (Å²) in [6.45, 7) is 2.98. The third kappa shape index (κ3) is 3.69. The quantitative estimate of drug-likeness (QED) is 0.432. The summed E-state index contributed by atoms with van der Waals surface area (Å²) >= 11 is 0. The van der Waals surface area contributed by atoms with Gasteiger partial charge in [-0.2, -0.15) is 0 Å². The molecule has 3 aromatic carbocycles. The van der Waals surface area contributed by atoms with Gasteiger partial charge >= 0.3 is 5.69 Å². The highest BCUT2D eigenvalue weighted by molar-refractivity contribution is 5.98. The number of aryl methyl sites for hydroxylation is 1. The van der Waals surface area contributed by atoms with Crippen LogP contribution < -0.4 is 15.4 Å². The zero-order valence-electron chi connectivity index (χ0n) is 17.9. The maximum atomic E-state index is 13.3. The van der Waals surface area contributed by atoms with Crippen LogP contribution in [0.25, 0.3) is 10.8 Å². The third-order valence-electron chi connectivity index (χ3n) is 6.52. The lowest BCUT2D eigenvalue weighted by Gasteiger charge is -2.27. The minimum Gasteiger partial charge on any atom is -0.485 e. The zero-order chi connectivity index (χ0) is 22.3. The van der Waals surface area contributed by atoms with Crippen LogP contribution in [0, 0.1) is 17.0 Å². The number of hydrogen-bond acceptors (Lipinski definition) is 5. The molecule has 1 atom stereocenters. The largest absolute Gasteiger partial charge is 0.485 e. The maximum absolute atomic E-state index is 13.3. The van der Waals surface area contributed by atoms with E-state index in [9.17, 15) is 14.9 Å². The van der Waals surface area contributed by atoms with Crippen molar-refractivity contribution in [3.05, 3.63) is 81.4 Å². The van der Waals surface area contributed by atoms with E-state index in [0.717, 1.165) is 42.1 Å². The molecule has 1 saturated heterocycles. The van der Waals surface area contributed by atoms with Gasteiger partial charge in [0.1, 0.15) is 6.61 Å². The monoisotopic (exact) mass is 431 g/mol. The van der Waals surface area contributed by atoms with Crippen LogP contribution >= 0.6 is 0 Å². The summed E-state index contributed by atoms with van der Waals surface area (Å²) in [5.41, 5.74) is 1.53. The summed E-state index contributed by atoms with van der Waals surface area (Å²) in [6, 6.07) is 17.4. The molecular formula is C25H25N3O4. The van der Waals surface area contributed by atoms with E-state index in [4.69, 9.17) is 4.74 Å². The Bertz CT molecular complexity index is 1210. The predicted molar refractivity (Wildman–Crippen MR) is 122 cm³/mol. The van der Waals surface area contributed by atoms with Crippen molar-refractivity contribution < 1.29 is 14.5 Å². The summed E-state index contributed by atoms with van der Waals surface area (Å²) in [5.74, 6) is -0.107. The van der Waals surface area contributed by atoms with Crippen molar-refractivity contribution in [2.24, 2.45) is 0 Å². The van der Waals surface area contributed by atoms with E-state index in [-0.39, 0.29) is 23.4 Å². The number of ether oxygens (including phenoxy) is 1. The molecule has 1 aliphatic carbocycles. The number of nitrogens with zero attached hydrogens (tertiary/aromatic N) is 1. The number of nitro groups is 1. The van der Waals surface area contributed by atoms with Crippen LogP contribution in [-0.4, -0.2) is 30.0 Å². The van der Waals surface area contributed by atoms with Gasteiger partial charge in [0, 0.05) is 23.7 Å². The second-order valence-electron chi connectivity index (χ2n) is 8.71. The molecule has 3 aromatic rings. The van der Waals surface area contributed by atoms with E-state index < -0.39 is 10.5 Å². The van der Waals surface area contributed by atoms with Gasteiger partial charge in [-0.15, -0.1) is 0 Å². The average molecular weight is 431 g/mol. The van der Waals surface area contributed by atoms with Crippen LogP contribution in [0.15, 0.2) is 54.6 Å². The van der Waals surface area contributed by atoms with Crippen LogP contribution in [0.5, 0.6) is 5.75 Å². The highest BCUT2D eigenvalue weighted by Gasteiger charge is 2.46. The first kappa shape index (κ1) is 20.5. The first-order valence-corrected chi connectivity index (χ1v) is 10.9. The minimum absolute atomic E-state index is 0.117. The van der Waals surface area contributed by atoms with E-state index in [1.54, 1.807) is 6.92 Å². The Morgan fingerprint density at radius 3 is 2.66 bits per heavy atom. The molecule has 7 nitrogen and oxygen atoms in total. The van der Waals surface area contributed by atoms with Crippen LogP contribution in [-0.2, 0) is 5.54 Å². The molecule has 0 radical (unpaired) electrons. The molecule has 0 aromatic heterocycles. The highest BCUT2D eigenvalue weighted by Crippen LogP contribution is 2.48. The molecule has 7 heteroatoms. The van der Waals surface area contributed by atoms with Gasteiger partial charge in [-0.1, -0.05) is 42.5 Å². The molecule has 1 saturated carbocycles. The van der Waals surface area contributed by atoms with Gasteiger partial charge in [-0.05, 0) is 54.6 Å². The molecule has 1 aliphatic heterocycles. The smallest absolute Gasteiger partial charge is 0.311 e. The molecule has 1 amide bonds. The fourth-order valence-electron chi connectivity index (χ4n) is 4.37. The average Bonchev–Trinajstić information content (AvgIpc) is 3.53. The van der Waals surface area contributed by atoms with E-state index >= 15 is 0 Å². The summed E-state index contributed by atoms with van der Waals surface area (Å²) < 4.78 is 5.75.